The van der Waals surface area contributed by atoms with E-state index in [0.29, 0.717) is 19.3 Å². The number of carbonyl (C=O) groups excluding carboxylic acids is 3. The molecule has 0 rings (SSSR count). The van der Waals surface area contributed by atoms with E-state index in [1.807, 2.05) is 0 Å². The van der Waals surface area contributed by atoms with Crippen molar-refractivity contribution >= 4 is 17.9 Å². The summed E-state index contributed by atoms with van der Waals surface area (Å²) in [5, 5.41) is 0. The highest BCUT2D eigenvalue weighted by atomic mass is 16.6. The first-order valence-electron chi connectivity index (χ1n) is 30.5. The van der Waals surface area contributed by atoms with E-state index in [1.54, 1.807) is 0 Å². The van der Waals surface area contributed by atoms with Gasteiger partial charge in [0.1, 0.15) is 13.2 Å². The Balaban J connectivity index is 4.34. The fourth-order valence-corrected chi connectivity index (χ4v) is 9.00. The van der Waals surface area contributed by atoms with Gasteiger partial charge in [0, 0.05) is 19.3 Å². The van der Waals surface area contributed by atoms with Gasteiger partial charge in [-0.2, -0.15) is 0 Å². The third-order valence-electron chi connectivity index (χ3n) is 13.6. The van der Waals surface area contributed by atoms with Gasteiger partial charge in [-0.15, -0.1) is 0 Å². The number of esters is 3. The second-order valence-electron chi connectivity index (χ2n) is 20.6. The molecule has 0 N–H and O–H groups in total. The largest absolute Gasteiger partial charge is 0.462 e. The molecule has 404 valence electrons. The molecule has 0 aromatic carbocycles. The molecule has 0 spiro atoms. The summed E-state index contributed by atoms with van der Waals surface area (Å²) in [6.07, 6.45) is 69.9. The second-order valence-corrected chi connectivity index (χ2v) is 20.6. The van der Waals surface area contributed by atoms with Gasteiger partial charge in [-0.05, 0) is 77.0 Å². The number of carbonyl (C=O) groups is 3. The first kappa shape index (κ1) is 66.6. The van der Waals surface area contributed by atoms with E-state index in [4.69, 9.17) is 14.2 Å². The highest BCUT2D eigenvalue weighted by Crippen LogP contribution is 2.17. The van der Waals surface area contributed by atoms with Gasteiger partial charge in [0.2, 0.25) is 0 Å². The van der Waals surface area contributed by atoms with Crippen LogP contribution >= 0.6 is 0 Å². The van der Waals surface area contributed by atoms with Gasteiger partial charge in [0.15, 0.2) is 6.10 Å². The van der Waals surface area contributed by atoms with E-state index in [-0.39, 0.29) is 31.1 Å². The molecule has 0 saturated heterocycles. The van der Waals surface area contributed by atoms with Crippen molar-refractivity contribution < 1.29 is 28.6 Å². The zero-order chi connectivity index (χ0) is 50.0. The van der Waals surface area contributed by atoms with Crippen LogP contribution in [0.25, 0.3) is 0 Å². The molecule has 0 aliphatic heterocycles. The Morgan fingerprint density at radius 1 is 0.290 bits per heavy atom. The Labute approximate surface area is 429 Å². The molecule has 6 heteroatoms. The quantitative estimate of drug-likeness (QED) is 0.0261. The van der Waals surface area contributed by atoms with Gasteiger partial charge >= 0.3 is 17.9 Å². The van der Waals surface area contributed by atoms with E-state index in [0.717, 1.165) is 64.2 Å². The minimum atomic E-state index is -0.774. The van der Waals surface area contributed by atoms with Crippen molar-refractivity contribution in [1.29, 1.82) is 0 Å². The van der Waals surface area contributed by atoms with Crippen LogP contribution in [-0.2, 0) is 28.6 Å². The van der Waals surface area contributed by atoms with E-state index >= 15 is 0 Å². The van der Waals surface area contributed by atoms with Crippen LogP contribution in [0.1, 0.15) is 329 Å². The standard InChI is InChI=1S/C63H116O6/c1-4-7-10-13-16-19-22-25-28-30-31-33-35-38-41-44-47-50-53-56-62(65)68-59-60(58-67-61(64)55-52-49-46-43-40-37-34-27-24-21-18-15-12-9-6-3)69-63(66)57-54-51-48-45-42-39-36-32-29-26-23-20-17-14-11-8-5-2/h16,19,25-26,28-29,60H,4-15,17-18,20-24,27,30-59H2,1-3H3/b19-16+,28-25+,29-26+/t60-/m1/s1. The van der Waals surface area contributed by atoms with Crippen LogP contribution in [0.4, 0.5) is 0 Å². The van der Waals surface area contributed by atoms with Crippen LogP contribution in [0.3, 0.4) is 0 Å². The topological polar surface area (TPSA) is 78.9 Å². The molecular weight excluding hydrogens is 853 g/mol. The molecule has 69 heavy (non-hydrogen) atoms. The van der Waals surface area contributed by atoms with Crippen LogP contribution in [-0.4, -0.2) is 37.2 Å². The molecule has 0 amide bonds. The van der Waals surface area contributed by atoms with Crippen molar-refractivity contribution in [1.82, 2.24) is 0 Å². The van der Waals surface area contributed by atoms with Crippen molar-refractivity contribution in [3.63, 3.8) is 0 Å². The molecule has 1 atom stereocenters. The number of rotatable bonds is 56. The minimum absolute atomic E-state index is 0.0711. The van der Waals surface area contributed by atoms with E-state index in [2.05, 4.69) is 57.2 Å². The van der Waals surface area contributed by atoms with Crippen LogP contribution < -0.4 is 0 Å². The van der Waals surface area contributed by atoms with Gasteiger partial charge in [-0.25, -0.2) is 0 Å². The number of hydrogen-bond donors (Lipinski definition) is 0. The first-order chi connectivity index (χ1) is 34.0. The molecule has 0 heterocycles. The third-order valence-corrected chi connectivity index (χ3v) is 13.6. The van der Waals surface area contributed by atoms with Crippen LogP contribution in [0.15, 0.2) is 36.5 Å². The van der Waals surface area contributed by atoms with Crippen molar-refractivity contribution in [3.8, 4) is 0 Å². The molecule has 0 aromatic rings. The zero-order valence-electron chi connectivity index (χ0n) is 46.3. The lowest BCUT2D eigenvalue weighted by atomic mass is 10.0. The second kappa shape index (κ2) is 58.2. The summed E-state index contributed by atoms with van der Waals surface area (Å²) in [5.74, 6) is -0.859. The molecule has 0 bridgehead atoms. The SMILES string of the molecule is CCCCC/C=C/C/C=C/CCCCCCCCCCCC(=O)OC[C@@H](COC(=O)CCCCCCCCCCCCCCCCC)OC(=O)CCCCCCCCC/C=C/CCCCCCCC. The lowest BCUT2D eigenvalue weighted by molar-refractivity contribution is -0.167. The molecule has 0 aliphatic carbocycles. The summed E-state index contributed by atoms with van der Waals surface area (Å²) in [6, 6.07) is 0. The number of unbranched alkanes of at least 4 members (excludes halogenated alkanes) is 39. The molecular formula is C63H116O6. The van der Waals surface area contributed by atoms with Crippen LogP contribution in [0.2, 0.25) is 0 Å². The summed E-state index contributed by atoms with van der Waals surface area (Å²) < 4.78 is 16.9. The van der Waals surface area contributed by atoms with Crippen molar-refractivity contribution in [2.45, 2.75) is 335 Å². The molecule has 0 saturated carbocycles. The average Bonchev–Trinajstić information content (AvgIpc) is 3.35. The van der Waals surface area contributed by atoms with Gasteiger partial charge < -0.3 is 14.2 Å². The highest BCUT2D eigenvalue weighted by Gasteiger charge is 2.19. The lowest BCUT2D eigenvalue weighted by Crippen LogP contribution is -2.30. The smallest absolute Gasteiger partial charge is 0.306 e. The zero-order valence-corrected chi connectivity index (χ0v) is 46.3. The molecule has 0 aliphatic rings. The summed E-state index contributed by atoms with van der Waals surface area (Å²) >= 11 is 0. The monoisotopic (exact) mass is 969 g/mol. The van der Waals surface area contributed by atoms with Crippen molar-refractivity contribution in [3.05, 3.63) is 36.5 Å². The van der Waals surface area contributed by atoms with Crippen molar-refractivity contribution in [2.24, 2.45) is 0 Å². The summed E-state index contributed by atoms with van der Waals surface area (Å²) in [4.78, 5) is 38.2. The Morgan fingerprint density at radius 2 is 0.522 bits per heavy atom. The molecule has 0 unspecified atom stereocenters. The summed E-state index contributed by atoms with van der Waals surface area (Å²) in [5.41, 5.74) is 0. The molecule has 0 aromatic heterocycles. The van der Waals surface area contributed by atoms with Gasteiger partial charge in [0.05, 0.1) is 0 Å². The highest BCUT2D eigenvalue weighted by molar-refractivity contribution is 5.71. The molecule has 0 radical (unpaired) electrons. The predicted octanol–water partition coefficient (Wildman–Crippen LogP) is 20.4. The first-order valence-corrected chi connectivity index (χ1v) is 30.5. The number of allylic oxidation sites excluding steroid dienone is 6. The fourth-order valence-electron chi connectivity index (χ4n) is 9.00. The Bertz CT molecular complexity index is 1160. The third kappa shape index (κ3) is 56.4. The Morgan fingerprint density at radius 3 is 0.841 bits per heavy atom. The number of hydrogen-bond acceptors (Lipinski definition) is 6. The summed E-state index contributed by atoms with van der Waals surface area (Å²) in [6.45, 7) is 6.66. The lowest BCUT2D eigenvalue weighted by Gasteiger charge is -2.18. The molecule has 6 nitrogen and oxygen atoms in total. The maximum absolute atomic E-state index is 12.9. The van der Waals surface area contributed by atoms with Gasteiger partial charge in [-0.3, -0.25) is 14.4 Å². The minimum Gasteiger partial charge on any atom is -0.462 e. The average molecular weight is 970 g/mol. The van der Waals surface area contributed by atoms with Gasteiger partial charge in [-0.1, -0.05) is 269 Å². The van der Waals surface area contributed by atoms with Crippen LogP contribution in [0, 0.1) is 0 Å². The predicted molar refractivity (Wildman–Crippen MR) is 298 cm³/mol. The maximum Gasteiger partial charge on any atom is 0.306 e. The van der Waals surface area contributed by atoms with Gasteiger partial charge in [0.25, 0.3) is 0 Å². The number of ether oxygens (including phenoxy) is 3. The van der Waals surface area contributed by atoms with Crippen molar-refractivity contribution in [2.75, 3.05) is 13.2 Å². The van der Waals surface area contributed by atoms with E-state index in [9.17, 15) is 14.4 Å². The Hall–Kier alpha value is -2.37. The Kier molecular flexibility index (Phi) is 56.2. The summed E-state index contributed by atoms with van der Waals surface area (Å²) in [7, 11) is 0. The maximum atomic E-state index is 12.9. The van der Waals surface area contributed by atoms with E-state index < -0.39 is 6.10 Å². The molecule has 0 fully saturated rings. The normalized spacial score (nSPS) is 12.2. The van der Waals surface area contributed by atoms with Crippen LogP contribution in [0.5, 0.6) is 0 Å². The van der Waals surface area contributed by atoms with E-state index in [1.165, 1.54) is 225 Å². The fraction of sp³-hybridized carbons (Fsp3) is 0.857.